The van der Waals surface area contributed by atoms with E-state index in [1.54, 1.807) is 0 Å². The molecule has 0 unspecified atom stereocenters. The summed E-state index contributed by atoms with van der Waals surface area (Å²) in [5.74, 6) is 0.0713. The fraction of sp³-hybridized carbons (Fsp3) is 0.138. The fourth-order valence-corrected chi connectivity index (χ4v) is 4.59. The average Bonchev–Trinajstić information content (AvgIpc) is 3.15. The molecule has 3 nitrogen and oxygen atoms in total. The number of carbonyl (C=O) groups is 1. The van der Waals surface area contributed by atoms with E-state index in [4.69, 9.17) is 4.74 Å². The Balaban J connectivity index is 1.21. The van der Waals surface area contributed by atoms with Crippen LogP contribution in [-0.4, -0.2) is 19.2 Å². The molecule has 5 rings (SSSR count). The first-order valence-corrected chi connectivity index (χ1v) is 11.0. The quantitative estimate of drug-likeness (QED) is 0.391. The maximum Gasteiger partial charge on any atom is 0.407 e. The monoisotopic (exact) mass is 419 g/mol. The summed E-state index contributed by atoms with van der Waals surface area (Å²) in [5, 5.41) is 5.27. The van der Waals surface area contributed by atoms with Crippen molar-refractivity contribution in [2.75, 3.05) is 13.2 Å². The second-order valence-electron chi connectivity index (χ2n) is 8.13. The van der Waals surface area contributed by atoms with Crippen LogP contribution in [0.2, 0.25) is 0 Å². The lowest BCUT2D eigenvalue weighted by Crippen LogP contribution is -2.26. The van der Waals surface area contributed by atoms with E-state index in [0.717, 1.165) is 0 Å². The highest BCUT2D eigenvalue weighted by molar-refractivity contribution is 5.92. The van der Waals surface area contributed by atoms with Crippen molar-refractivity contribution in [1.82, 2.24) is 5.32 Å². The van der Waals surface area contributed by atoms with E-state index >= 15 is 0 Å². The summed E-state index contributed by atoms with van der Waals surface area (Å²) < 4.78 is 5.60. The first-order chi connectivity index (χ1) is 15.7. The number of fused-ring (bicyclic) bond motifs is 4. The molecule has 0 heterocycles. The largest absolute Gasteiger partial charge is 0.449 e. The van der Waals surface area contributed by atoms with Gasteiger partial charge in [0.15, 0.2) is 0 Å². The third kappa shape index (κ3) is 3.78. The molecule has 32 heavy (non-hydrogen) atoms. The standard InChI is InChI=1S/C29H25NO2/c1-20-16-17-21-9-2-3-10-23(21)22(20)15-8-18-30-29(31)32-19-28-26-13-6-4-11-24(26)25-12-5-7-14-27(25)28/h2-17,28H,18-19H2,1H3,(H,30,31). The molecule has 0 saturated carbocycles. The fourth-order valence-electron chi connectivity index (χ4n) is 4.59. The number of nitrogens with one attached hydrogen (secondary N) is 1. The van der Waals surface area contributed by atoms with Crippen molar-refractivity contribution < 1.29 is 9.53 Å². The van der Waals surface area contributed by atoms with Crippen LogP contribution in [0, 0.1) is 6.92 Å². The van der Waals surface area contributed by atoms with Crippen molar-refractivity contribution in [2.24, 2.45) is 0 Å². The zero-order chi connectivity index (χ0) is 21.9. The molecule has 158 valence electrons. The van der Waals surface area contributed by atoms with E-state index < -0.39 is 6.09 Å². The molecule has 0 saturated heterocycles. The summed E-state index contributed by atoms with van der Waals surface area (Å²) >= 11 is 0. The van der Waals surface area contributed by atoms with Crippen molar-refractivity contribution in [1.29, 1.82) is 0 Å². The predicted octanol–water partition coefficient (Wildman–Crippen LogP) is 6.70. The Morgan fingerprint density at radius 2 is 1.53 bits per heavy atom. The summed E-state index contributed by atoms with van der Waals surface area (Å²) in [6, 6.07) is 29.3. The molecular formula is C29H25NO2. The average molecular weight is 420 g/mol. The van der Waals surface area contributed by atoms with Crippen LogP contribution >= 0.6 is 0 Å². The number of alkyl carbamates (subject to hydrolysis) is 1. The van der Waals surface area contributed by atoms with Gasteiger partial charge in [-0.1, -0.05) is 97.1 Å². The molecule has 0 aromatic heterocycles. The van der Waals surface area contributed by atoms with Crippen LogP contribution in [0.1, 0.15) is 28.2 Å². The molecule has 0 aliphatic heterocycles. The maximum absolute atomic E-state index is 12.3. The van der Waals surface area contributed by atoms with Crippen molar-refractivity contribution in [3.63, 3.8) is 0 Å². The summed E-state index contributed by atoms with van der Waals surface area (Å²) in [7, 11) is 0. The predicted molar refractivity (Wildman–Crippen MR) is 131 cm³/mol. The number of benzene rings is 4. The van der Waals surface area contributed by atoms with Crippen LogP contribution in [0.25, 0.3) is 28.0 Å². The molecular weight excluding hydrogens is 394 g/mol. The molecule has 3 heteroatoms. The topological polar surface area (TPSA) is 38.3 Å². The highest BCUT2D eigenvalue weighted by Crippen LogP contribution is 2.44. The minimum atomic E-state index is -0.397. The number of hydrogen-bond acceptors (Lipinski definition) is 2. The van der Waals surface area contributed by atoms with E-state index in [-0.39, 0.29) is 5.92 Å². The Morgan fingerprint density at radius 1 is 0.875 bits per heavy atom. The summed E-state index contributed by atoms with van der Waals surface area (Å²) in [6.45, 7) is 2.84. The Hall–Kier alpha value is -3.85. The minimum absolute atomic E-state index is 0.0713. The zero-order valence-corrected chi connectivity index (χ0v) is 18.0. The number of ether oxygens (including phenoxy) is 1. The second-order valence-corrected chi connectivity index (χ2v) is 8.13. The van der Waals surface area contributed by atoms with Gasteiger partial charge in [-0.15, -0.1) is 0 Å². The third-order valence-electron chi connectivity index (χ3n) is 6.18. The molecule has 0 radical (unpaired) electrons. The number of aryl methyl sites for hydroxylation is 1. The Bertz CT molecular complexity index is 1280. The minimum Gasteiger partial charge on any atom is -0.449 e. The normalized spacial score (nSPS) is 12.7. The highest BCUT2D eigenvalue weighted by Gasteiger charge is 2.28. The SMILES string of the molecule is Cc1ccc2ccccc2c1C=CCNC(=O)OCC1c2ccccc2-c2ccccc21. The molecule has 4 aromatic rings. The van der Waals surface area contributed by atoms with Gasteiger partial charge in [0.2, 0.25) is 0 Å². The Kier molecular flexibility index (Phi) is 5.47. The molecule has 0 atom stereocenters. The van der Waals surface area contributed by atoms with E-state index in [1.807, 2.05) is 30.3 Å². The van der Waals surface area contributed by atoms with Gasteiger partial charge in [0, 0.05) is 12.5 Å². The lowest BCUT2D eigenvalue weighted by atomic mass is 9.98. The Labute approximate surface area is 188 Å². The van der Waals surface area contributed by atoms with Crippen LogP contribution < -0.4 is 5.32 Å². The summed E-state index contributed by atoms with van der Waals surface area (Å²) in [5.41, 5.74) is 7.27. The molecule has 0 bridgehead atoms. The van der Waals surface area contributed by atoms with Crippen molar-refractivity contribution in [3.8, 4) is 11.1 Å². The van der Waals surface area contributed by atoms with Gasteiger partial charge in [-0.25, -0.2) is 4.79 Å². The Morgan fingerprint density at radius 3 is 2.28 bits per heavy atom. The van der Waals surface area contributed by atoms with Crippen LogP contribution in [-0.2, 0) is 4.74 Å². The van der Waals surface area contributed by atoms with Gasteiger partial charge in [0.25, 0.3) is 0 Å². The number of rotatable bonds is 5. The van der Waals surface area contributed by atoms with E-state index in [1.165, 1.54) is 44.2 Å². The van der Waals surface area contributed by atoms with Crippen LogP contribution in [0.15, 0.2) is 91.0 Å². The van der Waals surface area contributed by atoms with Gasteiger partial charge < -0.3 is 10.1 Å². The lowest BCUT2D eigenvalue weighted by molar-refractivity contribution is 0.144. The van der Waals surface area contributed by atoms with E-state index in [0.29, 0.717) is 13.2 Å². The number of amides is 1. The molecule has 4 aromatic carbocycles. The van der Waals surface area contributed by atoms with Gasteiger partial charge in [-0.05, 0) is 51.1 Å². The second kappa shape index (κ2) is 8.72. The third-order valence-corrected chi connectivity index (χ3v) is 6.18. The van der Waals surface area contributed by atoms with Crippen molar-refractivity contribution in [2.45, 2.75) is 12.8 Å². The molecule has 1 aliphatic rings. The molecule has 1 aliphatic carbocycles. The van der Waals surface area contributed by atoms with E-state index in [9.17, 15) is 4.79 Å². The zero-order valence-electron chi connectivity index (χ0n) is 18.0. The van der Waals surface area contributed by atoms with E-state index in [2.05, 4.69) is 79.0 Å². The van der Waals surface area contributed by atoms with Crippen LogP contribution in [0.3, 0.4) is 0 Å². The lowest BCUT2D eigenvalue weighted by Gasteiger charge is -2.14. The van der Waals surface area contributed by atoms with Gasteiger partial charge >= 0.3 is 6.09 Å². The number of carbonyl (C=O) groups excluding carboxylic acids is 1. The molecule has 0 fully saturated rings. The first kappa shape index (κ1) is 20.1. The first-order valence-electron chi connectivity index (χ1n) is 11.0. The summed E-state index contributed by atoms with van der Waals surface area (Å²) in [4.78, 5) is 12.3. The molecule has 1 N–H and O–H groups in total. The number of hydrogen-bond donors (Lipinski definition) is 1. The van der Waals surface area contributed by atoms with Crippen molar-refractivity contribution in [3.05, 3.63) is 113 Å². The molecule has 0 spiro atoms. The van der Waals surface area contributed by atoms with Gasteiger partial charge in [0.05, 0.1) is 0 Å². The van der Waals surface area contributed by atoms with Gasteiger partial charge in [-0.2, -0.15) is 0 Å². The van der Waals surface area contributed by atoms with Crippen LogP contribution in [0.4, 0.5) is 4.79 Å². The van der Waals surface area contributed by atoms with Crippen molar-refractivity contribution >= 4 is 22.9 Å². The van der Waals surface area contributed by atoms with Gasteiger partial charge in [-0.3, -0.25) is 0 Å². The molecule has 1 amide bonds. The highest BCUT2D eigenvalue weighted by atomic mass is 16.5. The van der Waals surface area contributed by atoms with Gasteiger partial charge in [0.1, 0.15) is 6.61 Å². The maximum atomic E-state index is 12.3. The smallest absolute Gasteiger partial charge is 0.407 e. The summed E-state index contributed by atoms with van der Waals surface area (Å²) in [6.07, 6.45) is 3.64. The van der Waals surface area contributed by atoms with Crippen LogP contribution in [0.5, 0.6) is 0 Å².